The fourth-order valence-corrected chi connectivity index (χ4v) is 3.32. The summed E-state index contributed by atoms with van der Waals surface area (Å²) < 4.78 is 16.6. The summed E-state index contributed by atoms with van der Waals surface area (Å²) in [5, 5.41) is 47.7. The Bertz CT molecular complexity index is 1110. The van der Waals surface area contributed by atoms with Gasteiger partial charge in [-0.3, -0.25) is 4.79 Å². The Kier molecular flexibility index (Phi) is 5.46. The molecule has 0 spiro atoms. The zero-order valence-electron chi connectivity index (χ0n) is 15.6. The highest BCUT2D eigenvalue weighted by Crippen LogP contribution is 2.34. The van der Waals surface area contributed by atoms with E-state index in [9.17, 15) is 25.2 Å². The van der Waals surface area contributed by atoms with Gasteiger partial charge in [0.05, 0.1) is 12.0 Å². The van der Waals surface area contributed by atoms with Crippen molar-refractivity contribution >= 4 is 11.0 Å². The van der Waals surface area contributed by atoms with Crippen molar-refractivity contribution in [3.8, 4) is 22.8 Å². The molecule has 1 saturated heterocycles. The molecule has 1 fully saturated rings. The van der Waals surface area contributed by atoms with Crippen molar-refractivity contribution in [3.63, 3.8) is 0 Å². The lowest BCUT2D eigenvalue weighted by Gasteiger charge is -2.39. The summed E-state index contributed by atoms with van der Waals surface area (Å²) in [5.41, 5.74) is 0.692. The maximum Gasteiger partial charge on any atom is 0.297 e. The molecular weight excluding hydrogens is 396 g/mol. The molecule has 9 heteroatoms. The molecule has 5 atom stereocenters. The molecule has 0 saturated carbocycles. The number of aliphatic hydroxyl groups excluding tert-OH is 4. The summed E-state index contributed by atoms with van der Waals surface area (Å²) >= 11 is 0. The summed E-state index contributed by atoms with van der Waals surface area (Å²) in [7, 11) is 0. The maximum absolute atomic E-state index is 12.3. The number of ether oxygens (including phenoxy) is 2. The van der Waals surface area contributed by atoms with Crippen LogP contribution in [-0.4, -0.2) is 62.8 Å². The van der Waals surface area contributed by atoms with Gasteiger partial charge in [-0.05, 0) is 24.3 Å². The SMILES string of the molecule is O=c1cc(-c2ccc(O[C@@H]3OC(CO)[C@H](O)C(O)[C@H]3O)c([OH2+])c2)oc2ccccc12. The minimum absolute atomic E-state index is 0.0335. The molecule has 0 bridgehead atoms. The van der Waals surface area contributed by atoms with Gasteiger partial charge in [0.25, 0.3) is 5.75 Å². The van der Waals surface area contributed by atoms with Crippen molar-refractivity contribution in [1.82, 2.24) is 0 Å². The molecule has 0 radical (unpaired) electrons. The van der Waals surface area contributed by atoms with Gasteiger partial charge in [-0.2, -0.15) is 0 Å². The average molecular weight is 417 g/mol. The Morgan fingerprint density at radius 3 is 2.50 bits per heavy atom. The highest BCUT2D eigenvalue weighted by molar-refractivity contribution is 5.78. The number of rotatable bonds is 4. The molecule has 1 aliphatic heterocycles. The van der Waals surface area contributed by atoms with Gasteiger partial charge in [0.1, 0.15) is 35.8 Å². The Balaban J connectivity index is 1.60. The van der Waals surface area contributed by atoms with Gasteiger partial charge in [0.2, 0.25) is 12.0 Å². The molecule has 2 heterocycles. The van der Waals surface area contributed by atoms with E-state index in [1.54, 1.807) is 30.3 Å². The van der Waals surface area contributed by atoms with E-state index in [4.69, 9.17) is 19.0 Å². The molecule has 0 amide bonds. The molecule has 3 aromatic rings. The molecule has 2 unspecified atom stereocenters. The van der Waals surface area contributed by atoms with Crippen molar-refractivity contribution in [2.45, 2.75) is 30.7 Å². The van der Waals surface area contributed by atoms with Crippen molar-refractivity contribution < 1.29 is 39.4 Å². The first kappa shape index (κ1) is 20.3. The maximum atomic E-state index is 12.3. The Morgan fingerprint density at radius 1 is 1.00 bits per heavy atom. The van der Waals surface area contributed by atoms with Gasteiger partial charge >= 0.3 is 0 Å². The van der Waals surface area contributed by atoms with Crippen molar-refractivity contribution in [1.29, 1.82) is 0 Å². The van der Waals surface area contributed by atoms with Crippen LogP contribution in [0.3, 0.4) is 0 Å². The van der Waals surface area contributed by atoms with E-state index in [0.29, 0.717) is 16.5 Å². The minimum atomic E-state index is -1.58. The smallest absolute Gasteiger partial charge is 0.297 e. The molecule has 1 aromatic heterocycles. The minimum Gasteiger partial charge on any atom is -0.591 e. The third-order valence-corrected chi connectivity index (χ3v) is 4.99. The first-order valence-corrected chi connectivity index (χ1v) is 9.25. The Morgan fingerprint density at radius 2 is 1.77 bits per heavy atom. The summed E-state index contributed by atoms with van der Waals surface area (Å²) in [4.78, 5) is 12.3. The fraction of sp³-hybridized carbons (Fsp3) is 0.286. The van der Waals surface area contributed by atoms with Crippen LogP contribution in [0.25, 0.3) is 22.3 Å². The zero-order chi connectivity index (χ0) is 21.4. The van der Waals surface area contributed by atoms with E-state index in [0.717, 1.165) is 0 Å². The quantitative estimate of drug-likeness (QED) is 0.435. The lowest BCUT2D eigenvalue weighted by Crippen LogP contribution is -2.60. The van der Waals surface area contributed by atoms with Crippen molar-refractivity contribution in [2.75, 3.05) is 6.61 Å². The first-order valence-electron chi connectivity index (χ1n) is 9.25. The lowest BCUT2D eigenvalue weighted by molar-refractivity contribution is -0.277. The largest absolute Gasteiger partial charge is 0.591 e. The summed E-state index contributed by atoms with van der Waals surface area (Å²) in [6.07, 6.45) is -7.18. The van der Waals surface area contributed by atoms with Gasteiger partial charge in [-0.1, -0.05) is 12.1 Å². The molecule has 30 heavy (non-hydrogen) atoms. The Hall–Kier alpha value is -2.95. The monoisotopic (exact) mass is 417 g/mol. The van der Waals surface area contributed by atoms with Crippen LogP contribution in [0.1, 0.15) is 0 Å². The third-order valence-electron chi connectivity index (χ3n) is 4.99. The third kappa shape index (κ3) is 3.64. The summed E-state index contributed by atoms with van der Waals surface area (Å²) in [5.74, 6) is 0.234. The summed E-state index contributed by atoms with van der Waals surface area (Å²) in [6.45, 7) is -0.585. The second-order valence-electron chi connectivity index (χ2n) is 7.00. The van der Waals surface area contributed by atoms with Crippen molar-refractivity contribution in [2.24, 2.45) is 0 Å². The predicted molar refractivity (Wildman–Crippen MR) is 105 cm³/mol. The van der Waals surface area contributed by atoms with Crippen LogP contribution in [0.2, 0.25) is 0 Å². The van der Waals surface area contributed by atoms with Crippen LogP contribution in [-0.2, 0) is 4.74 Å². The summed E-state index contributed by atoms with van der Waals surface area (Å²) in [6, 6.07) is 12.6. The fourth-order valence-electron chi connectivity index (χ4n) is 3.32. The number of fused-ring (bicyclic) bond motifs is 1. The topological polar surface area (TPSA) is 152 Å². The second-order valence-corrected chi connectivity index (χ2v) is 7.00. The molecule has 6 N–H and O–H groups in total. The molecule has 158 valence electrons. The zero-order valence-corrected chi connectivity index (χ0v) is 15.6. The van der Waals surface area contributed by atoms with Crippen LogP contribution in [0.5, 0.6) is 11.5 Å². The number of aliphatic hydroxyl groups is 4. The second kappa shape index (κ2) is 8.05. The molecule has 2 aromatic carbocycles. The average Bonchev–Trinajstić information content (AvgIpc) is 2.75. The first-order chi connectivity index (χ1) is 14.4. The van der Waals surface area contributed by atoms with Gasteiger partial charge in [-0.25, -0.2) is 0 Å². The van der Waals surface area contributed by atoms with Crippen LogP contribution >= 0.6 is 0 Å². The Labute approximate surface area is 170 Å². The molecule has 0 aliphatic carbocycles. The van der Waals surface area contributed by atoms with Gasteiger partial charge in [-0.15, -0.1) is 0 Å². The molecule has 9 nitrogen and oxygen atoms in total. The van der Waals surface area contributed by atoms with Gasteiger partial charge < -0.3 is 39.4 Å². The van der Waals surface area contributed by atoms with E-state index in [1.165, 1.54) is 18.2 Å². The molecule has 1 aliphatic rings. The number of para-hydroxylation sites is 1. The van der Waals surface area contributed by atoms with E-state index in [2.05, 4.69) is 0 Å². The van der Waals surface area contributed by atoms with E-state index >= 15 is 0 Å². The van der Waals surface area contributed by atoms with Crippen LogP contribution in [0.4, 0.5) is 0 Å². The highest BCUT2D eigenvalue weighted by atomic mass is 16.7. The predicted octanol–water partition coefficient (Wildman–Crippen LogP) is 0.0766. The normalized spacial score (nSPS) is 26.6. The van der Waals surface area contributed by atoms with Crippen LogP contribution < -0.4 is 10.2 Å². The van der Waals surface area contributed by atoms with Crippen molar-refractivity contribution in [3.05, 3.63) is 58.8 Å². The van der Waals surface area contributed by atoms with E-state index in [1.807, 2.05) is 0 Å². The standard InChI is InChI=1S/C21H20O9/c22-9-17-18(25)19(26)20(27)21(30-17)29-15-6-5-10(7-13(15)24)16-8-12(23)11-3-1-2-4-14(11)28-16/h1-8,17-22,24-27H,9H2/p+1/t17?,18-,19?,20+,21+/m0/s1. The van der Waals surface area contributed by atoms with E-state index < -0.39 is 37.3 Å². The van der Waals surface area contributed by atoms with Crippen LogP contribution in [0.15, 0.2) is 57.7 Å². The molecule has 4 rings (SSSR count). The number of benzene rings is 2. The highest BCUT2D eigenvalue weighted by Gasteiger charge is 2.45. The number of hydrogen-bond acceptors (Lipinski definition) is 8. The van der Waals surface area contributed by atoms with E-state index in [-0.39, 0.29) is 22.7 Å². The van der Waals surface area contributed by atoms with Crippen LogP contribution in [0, 0.1) is 0 Å². The molecular formula is C21H21O9+. The lowest BCUT2D eigenvalue weighted by atomic mass is 9.99. The number of hydrogen-bond donors (Lipinski definition) is 4. The van der Waals surface area contributed by atoms with Gasteiger partial charge in [0.15, 0.2) is 5.43 Å². The van der Waals surface area contributed by atoms with Gasteiger partial charge in [0, 0.05) is 17.7 Å².